The molecule has 2 rings (SSSR count). The Hall–Kier alpha value is -2.48. The molecule has 0 unspecified atom stereocenters. The third kappa shape index (κ3) is 4.26. The minimum Gasteiger partial charge on any atom is -0.449 e. The van der Waals surface area contributed by atoms with Gasteiger partial charge in [-0.25, -0.2) is 4.79 Å². The van der Waals surface area contributed by atoms with Gasteiger partial charge in [0, 0.05) is 5.02 Å². The Morgan fingerprint density at radius 3 is 2.48 bits per heavy atom. The SMILES string of the molecule is C#CCOC(=O)c1ccccc1C(=O)Nc1ccc(Cl)cc1Cl. The zero-order valence-electron chi connectivity index (χ0n) is 11.8. The number of halogens is 2. The molecule has 0 saturated carbocycles. The molecule has 0 atom stereocenters. The van der Waals surface area contributed by atoms with Crippen LogP contribution in [0.5, 0.6) is 0 Å². The maximum Gasteiger partial charge on any atom is 0.339 e. The zero-order chi connectivity index (χ0) is 16.8. The summed E-state index contributed by atoms with van der Waals surface area (Å²) in [4.78, 5) is 24.4. The van der Waals surface area contributed by atoms with E-state index in [1.54, 1.807) is 24.3 Å². The van der Waals surface area contributed by atoms with Gasteiger partial charge in [-0.2, -0.15) is 0 Å². The maximum absolute atomic E-state index is 12.4. The number of hydrogen-bond acceptors (Lipinski definition) is 3. The van der Waals surface area contributed by atoms with Crippen LogP contribution in [-0.2, 0) is 4.74 Å². The van der Waals surface area contributed by atoms with Crippen LogP contribution in [0.2, 0.25) is 10.0 Å². The van der Waals surface area contributed by atoms with Crippen LogP contribution in [0.4, 0.5) is 5.69 Å². The van der Waals surface area contributed by atoms with Crippen molar-refractivity contribution in [2.75, 3.05) is 11.9 Å². The van der Waals surface area contributed by atoms with E-state index in [2.05, 4.69) is 11.2 Å². The predicted octanol–water partition coefficient (Wildman–Crippen LogP) is 4.04. The Kier molecular flexibility index (Phi) is 5.64. The van der Waals surface area contributed by atoms with E-state index in [4.69, 9.17) is 34.4 Å². The molecule has 4 nitrogen and oxygen atoms in total. The molecule has 2 aromatic rings. The summed E-state index contributed by atoms with van der Waals surface area (Å²) < 4.78 is 4.86. The van der Waals surface area contributed by atoms with E-state index in [1.807, 2.05) is 0 Å². The van der Waals surface area contributed by atoms with Gasteiger partial charge in [-0.05, 0) is 30.3 Å². The van der Waals surface area contributed by atoms with Crippen LogP contribution in [-0.4, -0.2) is 18.5 Å². The summed E-state index contributed by atoms with van der Waals surface area (Å²) in [7, 11) is 0. The highest BCUT2D eigenvalue weighted by molar-refractivity contribution is 6.36. The lowest BCUT2D eigenvalue weighted by atomic mass is 10.1. The second-order valence-electron chi connectivity index (χ2n) is 4.40. The number of ether oxygens (including phenoxy) is 1. The third-order valence-electron chi connectivity index (χ3n) is 2.86. The first-order valence-corrected chi connectivity index (χ1v) is 7.24. The average Bonchev–Trinajstić information content (AvgIpc) is 2.55. The molecule has 1 N–H and O–H groups in total. The fourth-order valence-electron chi connectivity index (χ4n) is 1.82. The Labute approximate surface area is 143 Å². The summed E-state index contributed by atoms with van der Waals surface area (Å²) in [6.07, 6.45) is 5.05. The molecule has 0 aliphatic heterocycles. The normalized spacial score (nSPS) is 9.78. The van der Waals surface area contributed by atoms with Gasteiger partial charge in [-0.15, -0.1) is 6.42 Å². The van der Waals surface area contributed by atoms with E-state index >= 15 is 0 Å². The van der Waals surface area contributed by atoms with Crippen LogP contribution in [0.15, 0.2) is 42.5 Å². The molecule has 0 bridgehead atoms. The number of benzene rings is 2. The molecule has 0 heterocycles. The summed E-state index contributed by atoms with van der Waals surface area (Å²) in [5.74, 6) is 1.03. The summed E-state index contributed by atoms with van der Waals surface area (Å²) in [6, 6.07) is 10.9. The van der Waals surface area contributed by atoms with Crippen LogP contribution < -0.4 is 5.32 Å². The molecule has 116 valence electrons. The average molecular weight is 348 g/mol. The molecule has 23 heavy (non-hydrogen) atoms. The van der Waals surface area contributed by atoms with Crippen molar-refractivity contribution < 1.29 is 14.3 Å². The second kappa shape index (κ2) is 7.68. The van der Waals surface area contributed by atoms with Gasteiger partial charge in [0.05, 0.1) is 21.8 Å². The van der Waals surface area contributed by atoms with Gasteiger partial charge in [0.15, 0.2) is 6.61 Å². The zero-order valence-corrected chi connectivity index (χ0v) is 13.3. The molecule has 0 saturated heterocycles. The number of terminal acetylenes is 1. The van der Waals surface area contributed by atoms with Gasteiger partial charge >= 0.3 is 5.97 Å². The molecule has 6 heteroatoms. The van der Waals surface area contributed by atoms with Crippen LogP contribution in [0, 0.1) is 12.3 Å². The summed E-state index contributed by atoms with van der Waals surface area (Å²) >= 11 is 11.8. The molecular weight excluding hydrogens is 337 g/mol. The van der Waals surface area contributed by atoms with Gasteiger partial charge in [-0.1, -0.05) is 41.3 Å². The lowest BCUT2D eigenvalue weighted by Crippen LogP contribution is -2.18. The lowest BCUT2D eigenvalue weighted by Gasteiger charge is -2.10. The molecular formula is C17H11Cl2NO3. The summed E-state index contributed by atoms with van der Waals surface area (Å²) in [5, 5.41) is 3.37. The largest absolute Gasteiger partial charge is 0.449 e. The fraction of sp³-hybridized carbons (Fsp3) is 0.0588. The Balaban J connectivity index is 2.26. The number of nitrogens with one attached hydrogen (secondary N) is 1. The molecule has 2 aromatic carbocycles. The molecule has 0 aliphatic carbocycles. The molecule has 1 amide bonds. The molecule has 0 radical (unpaired) electrons. The fourth-order valence-corrected chi connectivity index (χ4v) is 2.28. The first kappa shape index (κ1) is 16.9. The monoisotopic (exact) mass is 347 g/mol. The molecule has 0 fully saturated rings. The summed E-state index contributed by atoms with van der Waals surface area (Å²) in [5.41, 5.74) is 0.652. The molecule has 0 aliphatic rings. The van der Waals surface area contributed by atoms with Crippen LogP contribution in [0.3, 0.4) is 0 Å². The van der Waals surface area contributed by atoms with Crippen molar-refractivity contribution in [3.05, 3.63) is 63.6 Å². The smallest absolute Gasteiger partial charge is 0.339 e. The lowest BCUT2D eigenvalue weighted by molar-refractivity contribution is 0.0553. The van der Waals surface area contributed by atoms with Crippen molar-refractivity contribution in [1.82, 2.24) is 0 Å². The number of rotatable bonds is 4. The van der Waals surface area contributed by atoms with Crippen molar-refractivity contribution in [3.8, 4) is 12.3 Å². The number of carbonyl (C=O) groups excluding carboxylic acids is 2. The highest BCUT2D eigenvalue weighted by atomic mass is 35.5. The van der Waals surface area contributed by atoms with E-state index in [0.29, 0.717) is 15.7 Å². The van der Waals surface area contributed by atoms with Crippen LogP contribution in [0.1, 0.15) is 20.7 Å². The number of esters is 1. The number of anilines is 1. The maximum atomic E-state index is 12.4. The van der Waals surface area contributed by atoms with Gasteiger partial charge < -0.3 is 10.1 Å². The highest BCUT2D eigenvalue weighted by Crippen LogP contribution is 2.26. The first-order valence-electron chi connectivity index (χ1n) is 6.49. The minimum absolute atomic E-state index is 0.116. The third-order valence-corrected chi connectivity index (χ3v) is 3.41. The number of hydrogen-bond donors (Lipinski definition) is 1. The van der Waals surface area contributed by atoms with Gasteiger partial charge in [0.1, 0.15) is 0 Å². The topological polar surface area (TPSA) is 55.4 Å². The molecule has 0 aromatic heterocycles. The van der Waals surface area contributed by atoms with E-state index in [9.17, 15) is 9.59 Å². The van der Waals surface area contributed by atoms with E-state index in [0.717, 1.165) is 0 Å². The number of amides is 1. The van der Waals surface area contributed by atoms with Gasteiger partial charge in [-0.3, -0.25) is 4.79 Å². The van der Waals surface area contributed by atoms with E-state index in [-0.39, 0.29) is 17.7 Å². The second-order valence-corrected chi connectivity index (χ2v) is 5.25. The van der Waals surface area contributed by atoms with Gasteiger partial charge in [0.25, 0.3) is 5.91 Å². The Morgan fingerprint density at radius 2 is 1.83 bits per heavy atom. The molecule has 0 spiro atoms. The van der Waals surface area contributed by atoms with Gasteiger partial charge in [0.2, 0.25) is 0 Å². The van der Waals surface area contributed by atoms with Crippen LogP contribution >= 0.6 is 23.2 Å². The standard InChI is InChI=1S/C17H11Cl2NO3/c1-2-9-23-17(22)13-6-4-3-5-12(13)16(21)20-15-8-7-11(18)10-14(15)19/h1,3-8,10H,9H2,(H,20,21). The minimum atomic E-state index is -0.670. The van der Waals surface area contributed by atoms with E-state index in [1.165, 1.54) is 18.2 Å². The van der Waals surface area contributed by atoms with E-state index < -0.39 is 11.9 Å². The predicted molar refractivity (Wildman–Crippen MR) is 90.0 cm³/mol. The van der Waals surface area contributed by atoms with Crippen molar-refractivity contribution in [2.45, 2.75) is 0 Å². The Morgan fingerprint density at radius 1 is 1.13 bits per heavy atom. The summed E-state index contributed by atoms with van der Waals surface area (Å²) in [6.45, 7) is -0.169. The van der Waals surface area contributed by atoms with Crippen molar-refractivity contribution in [2.24, 2.45) is 0 Å². The van der Waals surface area contributed by atoms with Crippen molar-refractivity contribution >= 4 is 40.8 Å². The van der Waals surface area contributed by atoms with Crippen molar-refractivity contribution in [1.29, 1.82) is 0 Å². The number of carbonyl (C=O) groups is 2. The first-order chi connectivity index (χ1) is 11.0. The highest BCUT2D eigenvalue weighted by Gasteiger charge is 2.18. The Bertz CT molecular complexity index is 797. The van der Waals surface area contributed by atoms with Crippen LogP contribution in [0.25, 0.3) is 0 Å². The van der Waals surface area contributed by atoms with Crippen molar-refractivity contribution in [3.63, 3.8) is 0 Å². The quantitative estimate of drug-likeness (QED) is 0.670.